The Morgan fingerprint density at radius 2 is 2.10 bits per heavy atom. The van der Waals surface area contributed by atoms with E-state index < -0.39 is 0 Å². The Hall–Kier alpha value is -2.04. The molecule has 0 heterocycles. The fourth-order valence-electron chi connectivity index (χ4n) is 2.49. The summed E-state index contributed by atoms with van der Waals surface area (Å²) in [4.78, 5) is 15.2. The molecule has 0 bridgehead atoms. The Kier molecular flexibility index (Phi) is 4.98. The molecule has 2 rings (SSSR count). The molecule has 5 nitrogen and oxygen atoms in total. The number of hydrogen-bond acceptors (Lipinski definition) is 4. The maximum absolute atomic E-state index is 10.6. The predicted molar refractivity (Wildman–Crippen MR) is 81.6 cm³/mol. The van der Waals surface area contributed by atoms with Gasteiger partial charge in [-0.3, -0.25) is 9.79 Å². The van der Waals surface area contributed by atoms with Gasteiger partial charge in [0.05, 0.1) is 12.8 Å². The van der Waals surface area contributed by atoms with Crippen LogP contribution in [0.2, 0.25) is 0 Å². The van der Waals surface area contributed by atoms with Crippen molar-refractivity contribution in [2.24, 2.45) is 4.99 Å². The minimum atomic E-state index is 0.396. The van der Waals surface area contributed by atoms with Crippen molar-refractivity contribution in [2.75, 3.05) is 18.2 Å². The number of nitrogens with one attached hydrogen (secondary N) is 1. The summed E-state index contributed by atoms with van der Waals surface area (Å²) in [6.45, 7) is 0. The average Bonchev–Trinajstić information content (AvgIpc) is 2.48. The van der Waals surface area contributed by atoms with Crippen LogP contribution in [-0.2, 0) is 4.79 Å². The van der Waals surface area contributed by atoms with Crippen LogP contribution in [0.4, 0.5) is 11.4 Å². The van der Waals surface area contributed by atoms with Crippen molar-refractivity contribution in [2.45, 2.75) is 38.1 Å². The minimum Gasteiger partial charge on any atom is -0.494 e. The quantitative estimate of drug-likeness (QED) is 0.492. The lowest BCUT2D eigenvalue weighted by Crippen LogP contribution is -2.10. The second-order valence-corrected chi connectivity index (χ2v) is 5.01. The second kappa shape index (κ2) is 6.93. The van der Waals surface area contributed by atoms with E-state index in [9.17, 15) is 4.79 Å². The summed E-state index contributed by atoms with van der Waals surface area (Å²) in [7, 11) is 1.54. The zero-order valence-corrected chi connectivity index (χ0v) is 11.8. The van der Waals surface area contributed by atoms with Gasteiger partial charge in [0.1, 0.15) is 5.75 Å². The first-order valence-corrected chi connectivity index (χ1v) is 6.95. The summed E-state index contributed by atoms with van der Waals surface area (Å²) in [5.41, 5.74) is 7.99. The monoisotopic (exact) mass is 275 g/mol. The first kappa shape index (κ1) is 14.4. The number of rotatable bonds is 5. The molecule has 1 aliphatic carbocycles. The molecule has 20 heavy (non-hydrogen) atoms. The van der Waals surface area contributed by atoms with Crippen molar-refractivity contribution >= 4 is 24.0 Å². The van der Waals surface area contributed by atoms with Crippen LogP contribution in [0.1, 0.15) is 37.7 Å². The molecular formula is C15H21N3O2. The number of benzene rings is 1. The van der Waals surface area contributed by atoms with E-state index in [0.29, 0.717) is 29.6 Å². The highest BCUT2D eigenvalue weighted by atomic mass is 16.5. The standard InChI is InChI=1S/C15H21N3O2/c1-20-15-8-13(16)11(7-14(15)18-10-19)9-17-12-5-3-2-4-6-12/h7-10,12H,2-6,16H2,1H3,(H,18,19). The number of methoxy groups -OCH3 is 1. The van der Waals surface area contributed by atoms with Crippen LogP contribution in [0.5, 0.6) is 5.75 Å². The van der Waals surface area contributed by atoms with Crippen molar-refractivity contribution in [3.63, 3.8) is 0 Å². The number of amides is 1. The average molecular weight is 275 g/mol. The molecule has 0 radical (unpaired) electrons. The first-order chi connectivity index (χ1) is 9.74. The summed E-state index contributed by atoms with van der Waals surface area (Å²) in [6, 6.07) is 3.89. The number of nitrogens with two attached hydrogens (primary N) is 1. The lowest BCUT2D eigenvalue weighted by Gasteiger charge is -2.17. The second-order valence-electron chi connectivity index (χ2n) is 5.01. The van der Waals surface area contributed by atoms with E-state index in [0.717, 1.165) is 18.4 Å². The van der Waals surface area contributed by atoms with E-state index in [1.165, 1.54) is 19.3 Å². The number of aliphatic imine (C=N–C) groups is 1. The highest BCUT2D eigenvalue weighted by Gasteiger charge is 2.12. The lowest BCUT2D eigenvalue weighted by atomic mass is 9.96. The fraction of sp³-hybridized carbons (Fsp3) is 0.467. The van der Waals surface area contributed by atoms with Crippen molar-refractivity contribution in [3.05, 3.63) is 17.7 Å². The van der Waals surface area contributed by atoms with Gasteiger partial charge in [0.2, 0.25) is 6.41 Å². The third-order valence-corrected chi connectivity index (χ3v) is 3.62. The summed E-state index contributed by atoms with van der Waals surface area (Å²) >= 11 is 0. The minimum absolute atomic E-state index is 0.396. The van der Waals surface area contributed by atoms with Gasteiger partial charge in [0, 0.05) is 29.6 Å². The summed E-state index contributed by atoms with van der Waals surface area (Å²) in [5.74, 6) is 0.546. The van der Waals surface area contributed by atoms with Gasteiger partial charge >= 0.3 is 0 Å². The van der Waals surface area contributed by atoms with E-state index in [4.69, 9.17) is 10.5 Å². The number of carbonyl (C=O) groups is 1. The van der Waals surface area contributed by atoms with Crippen molar-refractivity contribution < 1.29 is 9.53 Å². The lowest BCUT2D eigenvalue weighted by molar-refractivity contribution is -0.105. The van der Waals surface area contributed by atoms with Crippen LogP contribution >= 0.6 is 0 Å². The molecule has 1 amide bonds. The van der Waals surface area contributed by atoms with Crippen molar-refractivity contribution in [1.29, 1.82) is 0 Å². The molecule has 1 fully saturated rings. The molecule has 108 valence electrons. The van der Waals surface area contributed by atoms with E-state index in [1.807, 2.05) is 0 Å². The molecule has 1 aromatic carbocycles. The van der Waals surface area contributed by atoms with E-state index in [2.05, 4.69) is 10.3 Å². The van der Waals surface area contributed by atoms with Crippen molar-refractivity contribution in [3.8, 4) is 5.75 Å². The molecule has 3 N–H and O–H groups in total. The van der Waals surface area contributed by atoms with Crippen LogP contribution in [-0.4, -0.2) is 25.8 Å². The third-order valence-electron chi connectivity index (χ3n) is 3.62. The van der Waals surface area contributed by atoms with Crippen LogP contribution < -0.4 is 15.8 Å². The zero-order valence-electron chi connectivity index (χ0n) is 11.8. The first-order valence-electron chi connectivity index (χ1n) is 6.95. The Labute approximate surface area is 119 Å². The van der Waals surface area contributed by atoms with E-state index in [1.54, 1.807) is 25.5 Å². The van der Waals surface area contributed by atoms with Crippen LogP contribution in [0.3, 0.4) is 0 Å². The van der Waals surface area contributed by atoms with Gasteiger partial charge in [-0.1, -0.05) is 19.3 Å². The van der Waals surface area contributed by atoms with Gasteiger partial charge in [0.25, 0.3) is 0 Å². The van der Waals surface area contributed by atoms with Gasteiger partial charge in [0.15, 0.2) is 0 Å². The van der Waals surface area contributed by atoms with Crippen molar-refractivity contribution in [1.82, 2.24) is 0 Å². The molecular weight excluding hydrogens is 254 g/mol. The van der Waals surface area contributed by atoms with Gasteiger partial charge in [-0.2, -0.15) is 0 Å². The summed E-state index contributed by atoms with van der Waals surface area (Å²) < 4.78 is 5.18. The van der Waals surface area contributed by atoms with Crippen LogP contribution in [0, 0.1) is 0 Å². The molecule has 0 spiro atoms. The summed E-state index contributed by atoms with van der Waals surface area (Å²) in [6.07, 6.45) is 8.52. The predicted octanol–water partition coefficient (Wildman–Crippen LogP) is 2.60. The van der Waals surface area contributed by atoms with Gasteiger partial charge in [-0.15, -0.1) is 0 Å². The highest BCUT2D eigenvalue weighted by molar-refractivity contribution is 5.91. The maximum Gasteiger partial charge on any atom is 0.211 e. The van der Waals surface area contributed by atoms with Gasteiger partial charge < -0.3 is 15.8 Å². The molecule has 0 atom stereocenters. The third kappa shape index (κ3) is 3.50. The molecule has 1 aliphatic rings. The van der Waals surface area contributed by atoms with Crippen LogP contribution in [0.25, 0.3) is 0 Å². The zero-order chi connectivity index (χ0) is 14.4. The molecule has 0 unspecified atom stereocenters. The maximum atomic E-state index is 10.6. The highest BCUT2D eigenvalue weighted by Crippen LogP contribution is 2.29. The Morgan fingerprint density at radius 3 is 2.75 bits per heavy atom. The normalized spacial score (nSPS) is 16.2. The Bertz CT molecular complexity index is 494. The number of carbonyl (C=O) groups excluding carboxylic acids is 1. The topological polar surface area (TPSA) is 76.7 Å². The molecule has 1 aromatic rings. The molecule has 0 aliphatic heterocycles. The molecule has 0 aromatic heterocycles. The number of nitrogens with zero attached hydrogens (tertiary/aromatic N) is 1. The smallest absolute Gasteiger partial charge is 0.211 e. The van der Waals surface area contributed by atoms with Gasteiger partial charge in [-0.05, 0) is 18.9 Å². The fourth-order valence-corrected chi connectivity index (χ4v) is 2.49. The number of anilines is 2. The molecule has 0 saturated heterocycles. The van der Waals surface area contributed by atoms with Gasteiger partial charge in [-0.25, -0.2) is 0 Å². The summed E-state index contributed by atoms with van der Waals surface area (Å²) in [5, 5.41) is 2.61. The number of hydrogen-bond donors (Lipinski definition) is 2. The van der Waals surface area contributed by atoms with Crippen LogP contribution in [0.15, 0.2) is 17.1 Å². The molecule has 1 saturated carbocycles. The Balaban J connectivity index is 2.19. The largest absolute Gasteiger partial charge is 0.494 e. The Morgan fingerprint density at radius 1 is 1.35 bits per heavy atom. The van der Waals surface area contributed by atoms with E-state index >= 15 is 0 Å². The number of ether oxygens (including phenoxy) is 1. The number of nitrogen functional groups attached to an aromatic ring is 1. The molecule has 5 heteroatoms. The van der Waals surface area contributed by atoms with E-state index in [-0.39, 0.29) is 0 Å². The SMILES string of the molecule is COc1cc(N)c(C=NC2CCCCC2)cc1NC=O.